The molecule has 8 rings (SSSR count). The summed E-state index contributed by atoms with van der Waals surface area (Å²) in [6, 6.07) is 24.2. The summed E-state index contributed by atoms with van der Waals surface area (Å²) >= 11 is 0. The molecule has 1 unspecified atom stereocenters. The number of fused-ring (bicyclic) bond motifs is 2. The van der Waals surface area contributed by atoms with Crippen LogP contribution in [0.15, 0.2) is 91.4 Å². The van der Waals surface area contributed by atoms with Crippen LogP contribution in [0.2, 0.25) is 0 Å². The normalized spacial score (nSPS) is 16.3. The van der Waals surface area contributed by atoms with E-state index in [-0.39, 0.29) is 44.1 Å². The van der Waals surface area contributed by atoms with Gasteiger partial charge in [-0.05, 0) is 116 Å². The van der Waals surface area contributed by atoms with Crippen LogP contribution in [0.5, 0.6) is 0 Å². The molecule has 3 aromatic heterocycles. The number of aromatic nitrogens is 4. The van der Waals surface area contributed by atoms with Crippen molar-refractivity contribution in [3.63, 3.8) is 0 Å². The van der Waals surface area contributed by atoms with Crippen LogP contribution in [-0.2, 0) is 45.6 Å². The Balaban J connectivity index is 1.02. The Morgan fingerprint density at radius 3 is 2.15 bits per heavy atom. The van der Waals surface area contributed by atoms with Crippen molar-refractivity contribution in [2.75, 3.05) is 39.6 Å². The number of benzene rings is 3. The average molecular weight is 920 g/mol. The second-order valence-corrected chi connectivity index (χ2v) is 19.1. The number of nitrogens with zero attached hydrogens (tertiary/aromatic N) is 6. The highest BCUT2D eigenvalue weighted by Crippen LogP contribution is 2.51. The Labute approximate surface area is 384 Å². The molecule has 6 aromatic rings. The van der Waals surface area contributed by atoms with Gasteiger partial charge in [0.25, 0.3) is 0 Å². The number of phosphoric ester groups is 1. The van der Waals surface area contributed by atoms with E-state index < -0.39 is 32.8 Å². The molecule has 1 atom stereocenters. The van der Waals surface area contributed by atoms with E-state index >= 15 is 0 Å². The summed E-state index contributed by atoms with van der Waals surface area (Å²) in [6.07, 6.45) is 6.01. The molecule has 348 valence electrons. The van der Waals surface area contributed by atoms with Gasteiger partial charge in [-0.3, -0.25) is 18.7 Å². The number of carbonyl (C=O) groups is 3. The first kappa shape index (κ1) is 46.6. The Morgan fingerprint density at radius 2 is 1.50 bits per heavy atom. The minimum absolute atomic E-state index is 0.00368. The number of aryl methyl sites for hydroxylation is 1. The minimum atomic E-state index is -4.21. The van der Waals surface area contributed by atoms with Crippen LogP contribution in [0, 0.1) is 13.8 Å². The first-order valence-corrected chi connectivity index (χ1v) is 24.1. The fourth-order valence-electron chi connectivity index (χ4n) is 9.15. The Hall–Kier alpha value is -5.90. The lowest BCUT2D eigenvalue weighted by molar-refractivity contribution is -0.119. The van der Waals surface area contributed by atoms with Crippen molar-refractivity contribution in [1.29, 1.82) is 0 Å². The van der Waals surface area contributed by atoms with E-state index in [4.69, 9.17) is 28.8 Å². The highest BCUT2D eigenvalue weighted by atomic mass is 31.2. The number of ether oxygens (including phenoxy) is 2. The summed E-state index contributed by atoms with van der Waals surface area (Å²) in [5.41, 5.74) is 14.0. The van der Waals surface area contributed by atoms with E-state index in [0.29, 0.717) is 24.2 Å². The molecular weight excluding hydrogens is 862 g/mol. The van der Waals surface area contributed by atoms with Crippen LogP contribution in [0.4, 0.5) is 9.59 Å². The molecule has 2 amide bonds. The Morgan fingerprint density at radius 1 is 0.818 bits per heavy atom. The molecule has 16 nitrogen and oxygen atoms in total. The number of piperidine rings is 2. The van der Waals surface area contributed by atoms with E-state index in [1.54, 1.807) is 9.08 Å². The third-order valence-corrected chi connectivity index (χ3v) is 14.0. The van der Waals surface area contributed by atoms with Crippen molar-refractivity contribution >= 4 is 42.5 Å². The fourth-order valence-corrected chi connectivity index (χ4v) is 10.2. The van der Waals surface area contributed by atoms with Gasteiger partial charge in [-0.2, -0.15) is 5.10 Å². The fraction of sp³-hybridized carbons (Fsp3) is 0.408. The first-order chi connectivity index (χ1) is 31.9. The number of hydrogen-bond acceptors (Lipinski definition) is 12. The molecule has 2 fully saturated rings. The largest absolute Gasteiger partial charge is 0.478 e. The standard InChI is InChI=1S/C49H58N7O9P/c1-33(2)45-41-25-39(38-20-23-53(24-21-38)27-44(50)57)18-19-43(41)56(46(45)42-26-55-47(51-31-52-55)35(4)34(42)3)49(59)61-30-40-17-11-12-22-54(40)48(58)62-32-65-66(60,63-28-36-13-7-5-8-14-36)64-29-37-15-9-6-10-16-37/h5-10,13-16,18-19,25-26,31,33,38,40H,11-12,17,20-24,27-30,32H2,1-4H3,(H2,50,57). The van der Waals surface area contributed by atoms with E-state index in [9.17, 15) is 18.9 Å². The zero-order valence-electron chi connectivity index (χ0n) is 38.0. The van der Waals surface area contributed by atoms with Crippen molar-refractivity contribution in [2.45, 2.75) is 90.9 Å². The van der Waals surface area contributed by atoms with Crippen LogP contribution in [-0.4, -0.2) is 92.7 Å². The molecule has 0 radical (unpaired) electrons. The first-order valence-electron chi connectivity index (χ1n) is 22.6. The van der Waals surface area contributed by atoms with Crippen molar-refractivity contribution in [1.82, 2.24) is 29.0 Å². The number of pyridine rings is 1. The maximum absolute atomic E-state index is 14.8. The van der Waals surface area contributed by atoms with Crippen LogP contribution in [0.25, 0.3) is 27.8 Å². The molecule has 0 aliphatic carbocycles. The zero-order chi connectivity index (χ0) is 46.4. The van der Waals surface area contributed by atoms with Gasteiger partial charge in [0.1, 0.15) is 12.9 Å². The summed E-state index contributed by atoms with van der Waals surface area (Å²) in [5.74, 6) is -0.0538. The van der Waals surface area contributed by atoms with Crippen LogP contribution in [0.1, 0.15) is 91.2 Å². The van der Waals surface area contributed by atoms with Gasteiger partial charge in [-0.1, -0.05) is 80.6 Å². The second-order valence-electron chi connectivity index (χ2n) is 17.4. The van der Waals surface area contributed by atoms with Crippen molar-refractivity contribution < 1.29 is 42.0 Å². The molecule has 5 heterocycles. The number of likely N-dealkylation sites (tertiary alicyclic amines) is 2. The lowest BCUT2D eigenvalue weighted by atomic mass is 9.87. The average Bonchev–Trinajstić information content (AvgIpc) is 3.94. The maximum Gasteiger partial charge on any atom is 0.478 e. The van der Waals surface area contributed by atoms with Gasteiger partial charge in [0, 0.05) is 23.7 Å². The second kappa shape index (κ2) is 20.7. The third kappa shape index (κ3) is 10.5. The van der Waals surface area contributed by atoms with Gasteiger partial charge in [-0.15, -0.1) is 0 Å². The monoisotopic (exact) mass is 919 g/mol. The molecule has 3 aromatic carbocycles. The number of rotatable bonds is 16. The predicted molar refractivity (Wildman–Crippen MR) is 249 cm³/mol. The minimum Gasteiger partial charge on any atom is -0.447 e. The Kier molecular flexibility index (Phi) is 14.6. The van der Waals surface area contributed by atoms with Gasteiger partial charge in [0.05, 0.1) is 37.0 Å². The molecule has 2 aliphatic rings. The smallest absolute Gasteiger partial charge is 0.447 e. The number of phosphoric acid groups is 1. The number of primary amides is 1. The zero-order valence-corrected chi connectivity index (χ0v) is 38.9. The topological polar surface area (TPSA) is 182 Å². The third-order valence-electron chi connectivity index (χ3n) is 12.7. The number of amides is 2. The van der Waals surface area contributed by atoms with E-state index in [1.807, 2.05) is 86.8 Å². The summed E-state index contributed by atoms with van der Waals surface area (Å²) in [4.78, 5) is 48.2. The van der Waals surface area contributed by atoms with Crippen molar-refractivity contribution in [3.05, 3.63) is 125 Å². The molecule has 0 saturated carbocycles. The lowest BCUT2D eigenvalue weighted by Gasteiger charge is -2.34. The number of hydrogen-bond donors (Lipinski definition) is 1. The molecule has 17 heteroatoms. The number of nitrogens with two attached hydrogens (primary N) is 1. The van der Waals surface area contributed by atoms with Gasteiger partial charge in [-0.25, -0.2) is 32.7 Å². The van der Waals surface area contributed by atoms with Gasteiger partial charge >= 0.3 is 20.0 Å². The van der Waals surface area contributed by atoms with E-state index in [1.165, 1.54) is 16.8 Å². The molecule has 66 heavy (non-hydrogen) atoms. The van der Waals surface area contributed by atoms with Crippen molar-refractivity contribution in [3.8, 4) is 11.3 Å². The SMILES string of the molecule is Cc1c(-c2c(C(C)C)c3cc(C4CCN(CC(N)=O)CC4)ccc3n2C(=O)OCC2CCCCN2C(=O)OCOP(=O)(OCc2ccccc2)OCc2ccccc2)cn2ncnc2c1C. The molecule has 2 saturated heterocycles. The van der Waals surface area contributed by atoms with E-state index in [2.05, 4.69) is 41.0 Å². The molecule has 0 spiro atoms. The number of carbonyl (C=O) groups excluding carboxylic acids is 3. The Bertz CT molecular complexity index is 2670. The van der Waals surface area contributed by atoms with Crippen LogP contribution < -0.4 is 5.73 Å². The van der Waals surface area contributed by atoms with Crippen LogP contribution in [0.3, 0.4) is 0 Å². The summed E-state index contributed by atoms with van der Waals surface area (Å²) in [5, 5.41) is 5.42. The van der Waals surface area contributed by atoms with Gasteiger partial charge in [0.15, 0.2) is 5.65 Å². The summed E-state index contributed by atoms with van der Waals surface area (Å²) in [7, 11) is -4.21. The summed E-state index contributed by atoms with van der Waals surface area (Å²) < 4.78 is 46.0. The van der Waals surface area contributed by atoms with Gasteiger partial charge in [0.2, 0.25) is 12.7 Å². The summed E-state index contributed by atoms with van der Waals surface area (Å²) in [6.45, 7) is 9.54. The lowest BCUT2D eigenvalue weighted by Crippen LogP contribution is -2.47. The maximum atomic E-state index is 14.8. The molecular formula is C49H58N7O9P. The van der Waals surface area contributed by atoms with Gasteiger partial charge < -0.3 is 20.1 Å². The predicted octanol–water partition coefficient (Wildman–Crippen LogP) is 9.25. The van der Waals surface area contributed by atoms with Crippen molar-refractivity contribution in [2.24, 2.45) is 5.73 Å². The highest BCUT2D eigenvalue weighted by molar-refractivity contribution is 7.48. The van der Waals surface area contributed by atoms with E-state index in [0.717, 1.165) is 83.2 Å². The highest BCUT2D eigenvalue weighted by Gasteiger charge is 2.34. The molecule has 2 aliphatic heterocycles. The quantitative estimate of drug-likeness (QED) is 0.0719. The molecule has 0 bridgehead atoms. The molecule has 2 N–H and O–H groups in total. The van der Waals surface area contributed by atoms with Crippen LogP contribution >= 0.6 is 7.82 Å².